The van der Waals surface area contributed by atoms with Gasteiger partial charge in [0.25, 0.3) is 17.5 Å². The summed E-state index contributed by atoms with van der Waals surface area (Å²) in [6.45, 7) is 5.26. The minimum Gasteiger partial charge on any atom is -0.366 e. The summed E-state index contributed by atoms with van der Waals surface area (Å²) in [5.41, 5.74) is 7.48. The number of amides is 2. The zero-order valence-corrected chi connectivity index (χ0v) is 16.5. The average molecular weight is 396 g/mol. The third-order valence-electron chi connectivity index (χ3n) is 5.05. The summed E-state index contributed by atoms with van der Waals surface area (Å²) < 4.78 is 0. The summed E-state index contributed by atoms with van der Waals surface area (Å²) in [4.78, 5) is 37.8. The van der Waals surface area contributed by atoms with E-state index in [0.717, 1.165) is 43.5 Å². The van der Waals surface area contributed by atoms with Gasteiger partial charge in [-0.1, -0.05) is 17.7 Å². The van der Waals surface area contributed by atoms with Crippen LogP contribution < -0.4 is 15.8 Å². The molecule has 2 aromatic rings. The van der Waals surface area contributed by atoms with Crippen LogP contribution in [0, 0.1) is 24.0 Å². The minimum atomic E-state index is -0.614. The lowest BCUT2D eigenvalue weighted by Crippen LogP contribution is -2.42. The Kier molecular flexibility index (Phi) is 6.11. The highest BCUT2D eigenvalue weighted by Gasteiger charge is 2.23. The lowest BCUT2D eigenvalue weighted by Gasteiger charge is -2.28. The van der Waals surface area contributed by atoms with E-state index in [-0.39, 0.29) is 11.3 Å². The smallest absolute Gasteiger partial charge is 0.293 e. The van der Waals surface area contributed by atoms with Crippen LogP contribution in [0.3, 0.4) is 0 Å². The van der Waals surface area contributed by atoms with E-state index in [2.05, 4.69) is 10.9 Å². The van der Waals surface area contributed by atoms with E-state index in [0.29, 0.717) is 11.3 Å². The maximum atomic E-state index is 12.4. The Balaban J connectivity index is 1.72. The third kappa shape index (κ3) is 4.71. The average Bonchev–Trinajstić information content (AvgIpc) is 2.72. The van der Waals surface area contributed by atoms with Gasteiger partial charge in [-0.25, -0.2) is 0 Å². The second kappa shape index (κ2) is 8.72. The molecule has 152 valence electrons. The van der Waals surface area contributed by atoms with Gasteiger partial charge in [-0.05, 0) is 56.9 Å². The van der Waals surface area contributed by atoms with Gasteiger partial charge in [-0.3, -0.25) is 30.6 Å². The Morgan fingerprint density at radius 1 is 0.966 bits per heavy atom. The molecule has 8 nitrogen and oxygen atoms in total. The maximum Gasteiger partial charge on any atom is 0.293 e. The first kappa shape index (κ1) is 20.3. The van der Waals surface area contributed by atoms with Crippen molar-refractivity contribution in [1.29, 1.82) is 0 Å². The number of benzene rings is 2. The van der Waals surface area contributed by atoms with Crippen LogP contribution in [0.5, 0.6) is 0 Å². The van der Waals surface area contributed by atoms with Crippen LogP contribution in [0.25, 0.3) is 0 Å². The fraction of sp³-hybridized carbons (Fsp3) is 0.333. The molecule has 0 aromatic heterocycles. The molecule has 2 aromatic carbocycles. The molecule has 0 saturated carbocycles. The number of anilines is 1. The Morgan fingerprint density at radius 3 is 2.31 bits per heavy atom. The van der Waals surface area contributed by atoms with Crippen LogP contribution >= 0.6 is 0 Å². The quantitative estimate of drug-likeness (QED) is 0.610. The van der Waals surface area contributed by atoms with Crippen LogP contribution in [0.15, 0.2) is 36.4 Å². The van der Waals surface area contributed by atoms with E-state index in [9.17, 15) is 19.7 Å². The summed E-state index contributed by atoms with van der Waals surface area (Å²) in [5, 5.41) is 11.5. The first-order chi connectivity index (χ1) is 13.9. The number of nitro benzene ring substituents is 1. The number of nitro groups is 1. The van der Waals surface area contributed by atoms with Crippen molar-refractivity contribution >= 4 is 23.2 Å². The number of hydrazine groups is 1. The topological polar surface area (TPSA) is 105 Å². The number of hydrogen-bond donors (Lipinski definition) is 2. The Labute approximate surface area is 169 Å². The molecule has 0 unspecified atom stereocenters. The molecule has 1 heterocycles. The lowest BCUT2D eigenvalue weighted by molar-refractivity contribution is -0.384. The zero-order valence-electron chi connectivity index (χ0n) is 16.5. The number of nitrogens with zero attached hydrogens (tertiary/aromatic N) is 2. The monoisotopic (exact) mass is 396 g/mol. The summed E-state index contributed by atoms with van der Waals surface area (Å²) in [6.07, 6.45) is 3.10. The second-order valence-corrected chi connectivity index (χ2v) is 7.23. The maximum absolute atomic E-state index is 12.4. The van der Waals surface area contributed by atoms with Gasteiger partial charge in [0, 0.05) is 30.3 Å². The first-order valence-electron chi connectivity index (χ1n) is 9.58. The van der Waals surface area contributed by atoms with E-state index in [1.54, 1.807) is 12.1 Å². The van der Waals surface area contributed by atoms with Crippen LogP contribution in [0.4, 0.5) is 11.4 Å². The first-order valence-corrected chi connectivity index (χ1v) is 9.58. The molecule has 29 heavy (non-hydrogen) atoms. The van der Waals surface area contributed by atoms with Crippen molar-refractivity contribution in [3.8, 4) is 0 Å². The lowest BCUT2D eigenvalue weighted by atomic mass is 10.1. The van der Waals surface area contributed by atoms with Gasteiger partial charge in [-0.15, -0.1) is 0 Å². The molecule has 0 bridgehead atoms. The number of piperidine rings is 1. The number of hydrogen-bond acceptors (Lipinski definition) is 5. The number of aryl methyl sites for hydroxylation is 2. The van der Waals surface area contributed by atoms with Crippen molar-refractivity contribution in [2.45, 2.75) is 33.1 Å². The highest BCUT2D eigenvalue weighted by atomic mass is 16.6. The van der Waals surface area contributed by atoms with E-state index in [4.69, 9.17) is 0 Å². The molecule has 0 atom stereocenters. The third-order valence-corrected chi connectivity index (χ3v) is 5.05. The summed E-state index contributed by atoms with van der Waals surface area (Å²) in [6, 6.07) is 9.76. The van der Waals surface area contributed by atoms with Gasteiger partial charge < -0.3 is 4.90 Å². The van der Waals surface area contributed by atoms with Crippen molar-refractivity contribution in [2.24, 2.45) is 0 Å². The van der Waals surface area contributed by atoms with Crippen molar-refractivity contribution < 1.29 is 14.5 Å². The predicted octanol–water partition coefficient (Wildman–Crippen LogP) is 3.28. The molecule has 8 heteroatoms. The SMILES string of the molecule is Cc1ccc(C(=O)NNC(=O)c2ccc(N3CCCCC3)c([N+](=O)[O-])c2)c(C)c1. The molecule has 1 fully saturated rings. The van der Waals surface area contributed by atoms with Crippen molar-refractivity contribution in [2.75, 3.05) is 18.0 Å². The number of carbonyl (C=O) groups excluding carboxylic acids is 2. The molecule has 2 N–H and O–H groups in total. The molecule has 0 radical (unpaired) electrons. The fourth-order valence-corrected chi connectivity index (χ4v) is 3.53. The van der Waals surface area contributed by atoms with Crippen LogP contribution in [-0.2, 0) is 0 Å². The molecule has 0 spiro atoms. The van der Waals surface area contributed by atoms with E-state index < -0.39 is 16.7 Å². The van der Waals surface area contributed by atoms with Gasteiger partial charge in [0.2, 0.25) is 0 Å². The fourth-order valence-electron chi connectivity index (χ4n) is 3.53. The van der Waals surface area contributed by atoms with Crippen LogP contribution in [-0.4, -0.2) is 29.8 Å². The van der Waals surface area contributed by atoms with Crippen LogP contribution in [0.1, 0.15) is 51.1 Å². The standard InChI is InChI=1S/C21H24N4O4/c1-14-6-8-17(15(2)12-14)21(27)23-22-20(26)16-7-9-18(19(13-16)25(28)29)24-10-4-3-5-11-24/h6-9,12-13H,3-5,10-11H2,1-2H3,(H,22,26)(H,23,27). The van der Waals surface area contributed by atoms with Gasteiger partial charge in [-0.2, -0.15) is 0 Å². The van der Waals surface area contributed by atoms with Crippen molar-refractivity contribution in [1.82, 2.24) is 10.9 Å². The van der Waals surface area contributed by atoms with Crippen molar-refractivity contribution in [3.63, 3.8) is 0 Å². The van der Waals surface area contributed by atoms with E-state index in [1.807, 2.05) is 30.9 Å². The highest BCUT2D eigenvalue weighted by molar-refractivity contribution is 6.00. The van der Waals surface area contributed by atoms with Crippen molar-refractivity contribution in [3.05, 3.63) is 68.8 Å². The molecule has 0 aliphatic carbocycles. The molecule has 1 aliphatic rings. The zero-order chi connectivity index (χ0) is 21.0. The summed E-state index contributed by atoms with van der Waals surface area (Å²) >= 11 is 0. The normalized spacial score (nSPS) is 13.7. The van der Waals surface area contributed by atoms with Gasteiger partial charge in [0.1, 0.15) is 5.69 Å². The Hall–Kier alpha value is -3.42. The Morgan fingerprint density at radius 2 is 1.66 bits per heavy atom. The van der Waals surface area contributed by atoms with E-state index >= 15 is 0 Å². The minimum absolute atomic E-state index is 0.110. The molecular weight excluding hydrogens is 372 g/mol. The second-order valence-electron chi connectivity index (χ2n) is 7.23. The van der Waals surface area contributed by atoms with Gasteiger partial charge in [0.05, 0.1) is 4.92 Å². The predicted molar refractivity (Wildman–Crippen MR) is 110 cm³/mol. The summed E-state index contributed by atoms with van der Waals surface area (Å²) in [7, 11) is 0. The van der Waals surface area contributed by atoms with Gasteiger partial charge in [0.15, 0.2) is 0 Å². The molecular formula is C21H24N4O4. The van der Waals surface area contributed by atoms with Crippen LogP contribution in [0.2, 0.25) is 0 Å². The molecule has 1 saturated heterocycles. The number of nitrogens with one attached hydrogen (secondary N) is 2. The number of carbonyl (C=O) groups is 2. The Bertz CT molecular complexity index is 952. The summed E-state index contributed by atoms with van der Waals surface area (Å²) in [5.74, 6) is -1.06. The highest BCUT2D eigenvalue weighted by Crippen LogP contribution is 2.31. The molecule has 3 rings (SSSR count). The molecule has 2 amide bonds. The van der Waals surface area contributed by atoms with E-state index in [1.165, 1.54) is 12.1 Å². The van der Waals surface area contributed by atoms with Gasteiger partial charge >= 0.3 is 0 Å². The largest absolute Gasteiger partial charge is 0.366 e. The number of rotatable bonds is 4. The molecule has 1 aliphatic heterocycles.